The summed E-state index contributed by atoms with van der Waals surface area (Å²) in [5.41, 5.74) is 0. The fourth-order valence-corrected chi connectivity index (χ4v) is 4.50. The summed E-state index contributed by atoms with van der Waals surface area (Å²) in [6.07, 6.45) is 2.38. The van der Waals surface area contributed by atoms with E-state index in [1.807, 2.05) is 0 Å². The average molecular weight is 329 g/mol. The van der Waals surface area contributed by atoms with E-state index in [0.717, 1.165) is 19.3 Å². The zero-order valence-electron chi connectivity index (χ0n) is 9.64. The second-order valence-electron chi connectivity index (χ2n) is 4.32. The van der Waals surface area contributed by atoms with Gasteiger partial charge < -0.3 is 0 Å². The third-order valence-electron chi connectivity index (χ3n) is 3.11. The predicted molar refractivity (Wildman–Crippen MR) is 71.2 cm³/mol. The molecule has 2 unspecified atom stereocenters. The van der Waals surface area contributed by atoms with Gasteiger partial charge in [0, 0.05) is 10.5 Å². The highest BCUT2D eigenvalue weighted by atomic mass is 79.9. The standard InChI is InChI=1S/C12H13BrN2O2S/c13-10-5-1-2-7-12(10)18(16,17)15-11-6-3-4-9(11)8-14/h1-2,5,7,9,11,15H,3-4,6H2. The van der Waals surface area contributed by atoms with Crippen molar-refractivity contribution >= 4 is 26.0 Å². The molecule has 96 valence electrons. The molecule has 1 aromatic carbocycles. The summed E-state index contributed by atoms with van der Waals surface area (Å²) in [5, 5.41) is 8.96. The van der Waals surface area contributed by atoms with Crippen molar-refractivity contribution in [2.24, 2.45) is 5.92 Å². The first-order valence-electron chi connectivity index (χ1n) is 5.71. The van der Waals surface area contributed by atoms with E-state index in [9.17, 15) is 8.42 Å². The van der Waals surface area contributed by atoms with Crippen LogP contribution in [0.3, 0.4) is 0 Å². The third kappa shape index (κ3) is 2.74. The number of nitrogens with zero attached hydrogens (tertiary/aromatic N) is 1. The van der Waals surface area contributed by atoms with Crippen LogP contribution in [-0.4, -0.2) is 14.5 Å². The molecule has 6 heteroatoms. The van der Waals surface area contributed by atoms with Gasteiger partial charge in [-0.25, -0.2) is 13.1 Å². The van der Waals surface area contributed by atoms with Crippen molar-refractivity contribution in [2.75, 3.05) is 0 Å². The van der Waals surface area contributed by atoms with Crippen LogP contribution >= 0.6 is 15.9 Å². The van der Waals surface area contributed by atoms with Gasteiger partial charge in [-0.2, -0.15) is 5.26 Å². The summed E-state index contributed by atoms with van der Waals surface area (Å²) < 4.78 is 27.6. The Balaban J connectivity index is 2.23. The van der Waals surface area contributed by atoms with Crippen LogP contribution in [0, 0.1) is 17.2 Å². The van der Waals surface area contributed by atoms with E-state index in [1.165, 1.54) is 0 Å². The van der Waals surface area contributed by atoms with E-state index >= 15 is 0 Å². The first kappa shape index (κ1) is 13.5. The number of hydrogen-bond donors (Lipinski definition) is 1. The molecule has 1 aromatic rings. The Morgan fingerprint density at radius 3 is 2.72 bits per heavy atom. The van der Waals surface area contributed by atoms with Crippen molar-refractivity contribution in [3.63, 3.8) is 0 Å². The molecular weight excluding hydrogens is 316 g/mol. The van der Waals surface area contributed by atoms with E-state index in [4.69, 9.17) is 5.26 Å². The second kappa shape index (κ2) is 5.39. The van der Waals surface area contributed by atoms with Crippen molar-refractivity contribution in [2.45, 2.75) is 30.2 Å². The summed E-state index contributed by atoms with van der Waals surface area (Å²) in [6, 6.07) is 8.56. The predicted octanol–water partition coefficient (Wildman–Crippen LogP) is 2.42. The summed E-state index contributed by atoms with van der Waals surface area (Å²) >= 11 is 3.23. The first-order chi connectivity index (χ1) is 8.54. The Morgan fingerprint density at radius 2 is 2.06 bits per heavy atom. The minimum absolute atomic E-state index is 0.216. The third-order valence-corrected chi connectivity index (χ3v) is 5.62. The molecule has 1 aliphatic carbocycles. The molecule has 1 N–H and O–H groups in total. The molecule has 1 aliphatic rings. The number of hydrogen-bond acceptors (Lipinski definition) is 3. The van der Waals surface area contributed by atoms with Gasteiger partial charge in [-0.1, -0.05) is 18.6 Å². The van der Waals surface area contributed by atoms with E-state index in [1.54, 1.807) is 24.3 Å². The van der Waals surface area contributed by atoms with Crippen LogP contribution in [0.2, 0.25) is 0 Å². The number of halogens is 1. The molecule has 0 radical (unpaired) electrons. The SMILES string of the molecule is N#CC1CCCC1NS(=O)(=O)c1ccccc1Br. The Bertz CT molecular complexity index is 580. The maximum Gasteiger partial charge on any atom is 0.241 e. The smallest absolute Gasteiger partial charge is 0.207 e. The van der Waals surface area contributed by atoms with Gasteiger partial charge in [0.15, 0.2) is 0 Å². The van der Waals surface area contributed by atoms with Gasteiger partial charge in [-0.15, -0.1) is 0 Å². The van der Waals surface area contributed by atoms with Crippen molar-refractivity contribution in [1.29, 1.82) is 5.26 Å². The molecule has 2 rings (SSSR count). The number of rotatable bonds is 3. The van der Waals surface area contributed by atoms with E-state index in [0.29, 0.717) is 4.47 Å². The van der Waals surface area contributed by atoms with Gasteiger partial charge in [-0.3, -0.25) is 0 Å². The molecule has 0 saturated heterocycles. The number of benzene rings is 1. The molecule has 0 aliphatic heterocycles. The lowest BCUT2D eigenvalue weighted by molar-refractivity contribution is 0.515. The van der Waals surface area contributed by atoms with Crippen molar-refractivity contribution < 1.29 is 8.42 Å². The normalized spacial score (nSPS) is 23.8. The molecule has 18 heavy (non-hydrogen) atoms. The zero-order chi connectivity index (χ0) is 13.2. The Hall–Kier alpha value is -0.900. The summed E-state index contributed by atoms with van der Waals surface area (Å²) in [6.45, 7) is 0. The maximum atomic E-state index is 12.2. The van der Waals surface area contributed by atoms with Gasteiger partial charge in [0.25, 0.3) is 0 Å². The van der Waals surface area contributed by atoms with Gasteiger partial charge >= 0.3 is 0 Å². The van der Waals surface area contributed by atoms with E-state index in [-0.39, 0.29) is 16.9 Å². The van der Waals surface area contributed by atoms with Crippen LogP contribution in [0.1, 0.15) is 19.3 Å². The number of nitrogens with one attached hydrogen (secondary N) is 1. The summed E-state index contributed by atoms with van der Waals surface area (Å²) in [5.74, 6) is -0.220. The van der Waals surface area contributed by atoms with Gasteiger partial charge in [-0.05, 0) is 40.9 Å². The molecule has 4 nitrogen and oxygen atoms in total. The number of nitriles is 1. The highest BCUT2D eigenvalue weighted by molar-refractivity contribution is 9.10. The summed E-state index contributed by atoms with van der Waals surface area (Å²) in [4.78, 5) is 0.216. The van der Waals surface area contributed by atoms with Crippen LogP contribution in [0.25, 0.3) is 0 Å². The Kier molecular flexibility index (Phi) is 4.05. The molecule has 0 amide bonds. The lowest BCUT2D eigenvalue weighted by Gasteiger charge is -2.16. The molecule has 0 bridgehead atoms. The zero-order valence-corrected chi connectivity index (χ0v) is 12.0. The van der Waals surface area contributed by atoms with Crippen LogP contribution in [-0.2, 0) is 10.0 Å². The second-order valence-corrected chi connectivity index (χ2v) is 6.86. The molecule has 0 heterocycles. The quantitative estimate of drug-likeness (QED) is 0.926. The monoisotopic (exact) mass is 328 g/mol. The maximum absolute atomic E-state index is 12.2. The molecule has 0 spiro atoms. The molecule has 2 atom stereocenters. The Labute approximate surface area is 115 Å². The lowest BCUT2D eigenvalue weighted by atomic mass is 10.1. The lowest BCUT2D eigenvalue weighted by Crippen LogP contribution is -2.37. The molecule has 1 fully saturated rings. The Morgan fingerprint density at radius 1 is 1.33 bits per heavy atom. The fraction of sp³-hybridized carbons (Fsp3) is 0.417. The highest BCUT2D eigenvalue weighted by Gasteiger charge is 2.31. The van der Waals surface area contributed by atoms with Crippen molar-refractivity contribution in [3.8, 4) is 6.07 Å². The topological polar surface area (TPSA) is 70.0 Å². The molecule has 1 saturated carbocycles. The van der Waals surface area contributed by atoms with Crippen LogP contribution in [0.5, 0.6) is 0 Å². The van der Waals surface area contributed by atoms with E-state index in [2.05, 4.69) is 26.7 Å². The average Bonchev–Trinajstić information content (AvgIpc) is 2.76. The molecular formula is C12H13BrN2O2S. The van der Waals surface area contributed by atoms with E-state index < -0.39 is 10.0 Å². The minimum Gasteiger partial charge on any atom is -0.207 e. The van der Waals surface area contributed by atoms with Crippen LogP contribution < -0.4 is 4.72 Å². The van der Waals surface area contributed by atoms with Crippen LogP contribution in [0.15, 0.2) is 33.6 Å². The fourth-order valence-electron chi connectivity index (χ4n) is 2.18. The van der Waals surface area contributed by atoms with Crippen LogP contribution in [0.4, 0.5) is 0 Å². The molecule has 0 aromatic heterocycles. The van der Waals surface area contributed by atoms with Crippen molar-refractivity contribution in [1.82, 2.24) is 4.72 Å². The van der Waals surface area contributed by atoms with Gasteiger partial charge in [0.1, 0.15) is 0 Å². The first-order valence-corrected chi connectivity index (χ1v) is 7.98. The largest absolute Gasteiger partial charge is 0.241 e. The van der Waals surface area contributed by atoms with Gasteiger partial charge in [0.05, 0.1) is 16.9 Å². The van der Waals surface area contributed by atoms with Gasteiger partial charge in [0.2, 0.25) is 10.0 Å². The van der Waals surface area contributed by atoms with Crippen molar-refractivity contribution in [3.05, 3.63) is 28.7 Å². The number of sulfonamides is 1. The summed E-state index contributed by atoms with van der Waals surface area (Å²) in [7, 11) is -3.57. The minimum atomic E-state index is -3.57. The highest BCUT2D eigenvalue weighted by Crippen LogP contribution is 2.28.